The van der Waals surface area contributed by atoms with E-state index >= 15 is 0 Å². The van der Waals surface area contributed by atoms with Crippen LogP contribution >= 0.6 is 0 Å². The van der Waals surface area contributed by atoms with Gasteiger partial charge in [-0.05, 0) is 32.9 Å². The fourth-order valence-corrected chi connectivity index (χ4v) is 1.40. The number of hydrogen-bond donors (Lipinski definition) is 1. The molecule has 0 aliphatic carbocycles. The molecule has 0 saturated heterocycles. The van der Waals surface area contributed by atoms with Crippen molar-refractivity contribution in [3.05, 3.63) is 36.5 Å². The molecule has 0 bridgehead atoms. The minimum absolute atomic E-state index is 0.0564. The summed E-state index contributed by atoms with van der Waals surface area (Å²) in [6, 6.07) is 5.73. The molecule has 5 nitrogen and oxygen atoms in total. The predicted molar refractivity (Wildman–Crippen MR) is 65.7 cm³/mol. The van der Waals surface area contributed by atoms with Crippen LogP contribution < -0.4 is 5.32 Å². The Kier molecular flexibility index (Phi) is 3.19. The third-order valence-electron chi connectivity index (χ3n) is 2.26. The molecule has 1 N–H and O–H groups in total. The van der Waals surface area contributed by atoms with Gasteiger partial charge in [0.25, 0.3) is 0 Å². The SMILES string of the molecule is CC(C)(C)NCc1ncnn1-c1ccccn1. The molecule has 2 aromatic heterocycles. The molecular weight excluding hydrogens is 214 g/mol. The van der Waals surface area contributed by atoms with Gasteiger partial charge in [0.1, 0.15) is 12.2 Å². The smallest absolute Gasteiger partial charge is 0.155 e. The summed E-state index contributed by atoms with van der Waals surface area (Å²) in [7, 11) is 0. The first-order chi connectivity index (χ1) is 8.06. The third-order valence-corrected chi connectivity index (χ3v) is 2.26. The Balaban J connectivity index is 2.18. The highest BCUT2D eigenvalue weighted by Gasteiger charge is 2.12. The van der Waals surface area contributed by atoms with Gasteiger partial charge in [-0.1, -0.05) is 6.07 Å². The zero-order valence-electron chi connectivity index (χ0n) is 10.4. The summed E-state index contributed by atoms with van der Waals surface area (Å²) in [6.07, 6.45) is 3.30. The standard InChI is InChI=1S/C12H17N5/c1-12(2,3)15-8-11-14-9-16-17(11)10-6-4-5-7-13-10/h4-7,9,15H,8H2,1-3H3. The van der Waals surface area contributed by atoms with Crippen LogP contribution in [0.5, 0.6) is 0 Å². The van der Waals surface area contributed by atoms with Crippen LogP contribution in [0.2, 0.25) is 0 Å². The zero-order chi connectivity index (χ0) is 12.3. The van der Waals surface area contributed by atoms with Crippen LogP contribution in [0.4, 0.5) is 0 Å². The number of hydrogen-bond acceptors (Lipinski definition) is 4. The topological polar surface area (TPSA) is 55.6 Å². The van der Waals surface area contributed by atoms with Crippen molar-refractivity contribution in [3.63, 3.8) is 0 Å². The fourth-order valence-electron chi connectivity index (χ4n) is 1.40. The monoisotopic (exact) mass is 231 g/mol. The average Bonchev–Trinajstić information content (AvgIpc) is 2.75. The lowest BCUT2D eigenvalue weighted by Gasteiger charge is -2.20. The predicted octanol–water partition coefficient (Wildman–Crippen LogP) is 1.55. The molecule has 5 heteroatoms. The van der Waals surface area contributed by atoms with Crippen LogP contribution in [0.15, 0.2) is 30.7 Å². The summed E-state index contributed by atoms with van der Waals surface area (Å²) in [5.41, 5.74) is 0.0564. The van der Waals surface area contributed by atoms with Crippen molar-refractivity contribution < 1.29 is 0 Å². The van der Waals surface area contributed by atoms with Crippen LogP contribution in [-0.2, 0) is 6.54 Å². The molecule has 0 aliphatic heterocycles. The normalized spacial score (nSPS) is 11.7. The van der Waals surface area contributed by atoms with Crippen molar-refractivity contribution in [1.82, 2.24) is 25.1 Å². The van der Waals surface area contributed by atoms with E-state index in [4.69, 9.17) is 0 Å². The van der Waals surface area contributed by atoms with Crippen LogP contribution in [0.25, 0.3) is 5.82 Å². The molecule has 0 aromatic carbocycles. The van der Waals surface area contributed by atoms with Gasteiger partial charge < -0.3 is 5.32 Å². The minimum Gasteiger partial charge on any atom is -0.305 e. The maximum Gasteiger partial charge on any atom is 0.155 e. The summed E-state index contributed by atoms with van der Waals surface area (Å²) >= 11 is 0. The summed E-state index contributed by atoms with van der Waals surface area (Å²) < 4.78 is 1.75. The molecule has 2 aromatic rings. The largest absolute Gasteiger partial charge is 0.305 e. The van der Waals surface area contributed by atoms with E-state index < -0.39 is 0 Å². The Labute approximate surface area is 101 Å². The number of nitrogens with one attached hydrogen (secondary N) is 1. The Bertz CT molecular complexity index is 469. The molecule has 0 unspecified atom stereocenters. The van der Waals surface area contributed by atoms with Gasteiger partial charge in [-0.15, -0.1) is 0 Å². The van der Waals surface area contributed by atoms with E-state index in [1.165, 1.54) is 0 Å². The van der Waals surface area contributed by atoms with Gasteiger partial charge in [0.15, 0.2) is 5.82 Å². The van der Waals surface area contributed by atoms with Crippen molar-refractivity contribution in [2.45, 2.75) is 32.9 Å². The minimum atomic E-state index is 0.0564. The van der Waals surface area contributed by atoms with Crippen molar-refractivity contribution >= 4 is 0 Å². The highest BCUT2D eigenvalue weighted by atomic mass is 15.4. The molecule has 2 heterocycles. The summed E-state index contributed by atoms with van der Waals surface area (Å²) in [6.45, 7) is 7.03. The van der Waals surface area contributed by atoms with E-state index in [2.05, 4.69) is 41.2 Å². The number of nitrogens with zero attached hydrogens (tertiary/aromatic N) is 4. The zero-order valence-corrected chi connectivity index (χ0v) is 10.4. The molecule has 2 rings (SSSR count). The number of pyridine rings is 1. The Morgan fingerprint density at radius 2 is 2.06 bits per heavy atom. The van der Waals surface area contributed by atoms with Gasteiger partial charge in [-0.2, -0.15) is 9.78 Å². The lowest BCUT2D eigenvalue weighted by molar-refractivity contribution is 0.415. The molecule has 0 fully saturated rings. The lowest BCUT2D eigenvalue weighted by Crippen LogP contribution is -2.36. The van der Waals surface area contributed by atoms with Crippen LogP contribution in [0.3, 0.4) is 0 Å². The number of rotatable bonds is 3. The Morgan fingerprint density at radius 1 is 1.24 bits per heavy atom. The first-order valence-corrected chi connectivity index (χ1v) is 5.61. The second-order valence-corrected chi connectivity index (χ2v) is 4.88. The quantitative estimate of drug-likeness (QED) is 0.870. The van der Waals surface area contributed by atoms with Crippen molar-refractivity contribution in [2.24, 2.45) is 0 Å². The summed E-state index contributed by atoms with van der Waals surface area (Å²) in [4.78, 5) is 8.50. The first kappa shape index (κ1) is 11.7. The molecule has 0 radical (unpaired) electrons. The van der Waals surface area contributed by atoms with Crippen molar-refractivity contribution in [1.29, 1.82) is 0 Å². The Morgan fingerprint density at radius 3 is 2.71 bits per heavy atom. The maximum absolute atomic E-state index is 4.26. The second-order valence-electron chi connectivity index (χ2n) is 4.88. The highest BCUT2D eigenvalue weighted by molar-refractivity contribution is 5.21. The highest BCUT2D eigenvalue weighted by Crippen LogP contribution is 2.06. The first-order valence-electron chi connectivity index (χ1n) is 5.61. The van der Waals surface area contributed by atoms with Crippen molar-refractivity contribution in [2.75, 3.05) is 0 Å². The lowest BCUT2D eigenvalue weighted by atomic mass is 10.1. The molecule has 0 atom stereocenters. The van der Waals surface area contributed by atoms with E-state index in [-0.39, 0.29) is 5.54 Å². The van der Waals surface area contributed by atoms with Crippen LogP contribution in [0.1, 0.15) is 26.6 Å². The average molecular weight is 231 g/mol. The molecule has 0 aliphatic rings. The summed E-state index contributed by atoms with van der Waals surface area (Å²) in [5, 5.41) is 7.57. The number of aromatic nitrogens is 4. The molecular formula is C12H17N5. The van der Waals surface area contributed by atoms with Crippen LogP contribution in [0, 0.1) is 0 Å². The Hall–Kier alpha value is -1.75. The van der Waals surface area contributed by atoms with E-state index in [9.17, 15) is 0 Å². The molecule has 90 valence electrons. The van der Waals surface area contributed by atoms with E-state index in [1.54, 1.807) is 17.2 Å². The molecule has 0 saturated carbocycles. The van der Waals surface area contributed by atoms with E-state index in [0.717, 1.165) is 11.6 Å². The van der Waals surface area contributed by atoms with Crippen LogP contribution in [-0.4, -0.2) is 25.3 Å². The van der Waals surface area contributed by atoms with E-state index in [0.29, 0.717) is 6.54 Å². The second kappa shape index (κ2) is 4.63. The third kappa shape index (κ3) is 3.10. The van der Waals surface area contributed by atoms with E-state index in [1.807, 2.05) is 18.2 Å². The molecule has 0 spiro atoms. The maximum atomic E-state index is 4.26. The molecule has 17 heavy (non-hydrogen) atoms. The van der Waals surface area contributed by atoms with Gasteiger partial charge in [0, 0.05) is 11.7 Å². The summed E-state index contributed by atoms with van der Waals surface area (Å²) in [5.74, 6) is 1.65. The van der Waals surface area contributed by atoms with Gasteiger partial charge in [-0.25, -0.2) is 9.97 Å². The van der Waals surface area contributed by atoms with Gasteiger partial charge in [0.2, 0.25) is 0 Å². The van der Waals surface area contributed by atoms with Gasteiger partial charge >= 0.3 is 0 Å². The fraction of sp³-hybridized carbons (Fsp3) is 0.417. The van der Waals surface area contributed by atoms with Gasteiger partial charge in [0.05, 0.1) is 6.54 Å². The van der Waals surface area contributed by atoms with Crippen molar-refractivity contribution in [3.8, 4) is 5.82 Å². The van der Waals surface area contributed by atoms with Gasteiger partial charge in [-0.3, -0.25) is 0 Å². The molecule has 0 amide bonds.